The van der Waals surface area contributed by atoms with Crippen molar-refractivity contribution in [3.8, 4) is 0 Å². The molecule has 0 radical (unpaired) electrons. The van der Waals surface area contributed by atoms with Crippen LogP contribution in [0.5, 0.6) is 0 Å². The molecule has 1 heterocycles. The number of hydrogen-bond acceptors (Lipinski definition) is 2. The van der Waals surface area contributed by atoms with E-state index >= 15 is 0 Å². The molecule has 102 valence electrons. The van der Waals surface area contributed by atoms with Gasteiger partial charge in [0.15, 0.2) is 0 Å². The van der Waals surface area contributed by atoms with Crippen LogP contribution < -0.4 is 5.73 Å². The van der Waals surface area contributed by atoms with E-state index in [1.165, 1.54) is 12.1 Å². The fourth-order valence-electron chi connectivity index (χ4n) is 2.83. The van der Waals surface area contributed by atoms with Crippen molar-refractivity contribution in [3.63, 3.8) is 0 Å². The number of halogens is 2. The Bertz CT molecular complexity index is 702. The lowest BCUT2D eigenvalue weighted by atomic mass is 9.93. The Balaban J connectivity index is 2.15. The summed E-state index contributed by atoms with van der Waals surface area (Å²) in [5.74, 6) is -1.04. The van der Waals surface area contributed by atoms with Gasteiger partial charge in [-0.2, -0.15) is 0 Å². The zero-order chi connectivity index (χ0) is 14.3. The fourth-order valence-corrected chi connectivity index (χ4v) is 3.14. The first-order chi connectivity index (χ1) is 9.58. The van der Waals surface area contributed by atoms with Crippen LogP contribution in [0.2, 0.25) is 5.02 Å². The molecule has 0 aliphatic heterocycles. The number of nitrogens with zero attached hydrogens (tertiary/aromatic N) is 1. The van der Waals surface area contributed by atoms with Gasteiger partial charge in [0.05, 0.1) is 11.3 Å². The smallest absolute Gasteiger partial charge is 0.250 e. The van der Waals surface area contributed by atoms with Crippen molar-refractivity contribution in [3.05, 3.63) is 63.7 Å². The maximum absolute atomic E-state index is 13.6. The van der Waals surface area contributed by atoms with Gasteiger partial charge in [-0.3, -0.25) is 9.78 Å². The van der Waals surface area contributed by atoms with Gasteiger partial charge in [0, 0.05) is 17.1 Å². The normalized spacial score (nSPS) is 17.0. The lowest BCUT2D eigenvalue weighted by molar-refractivity contribution is 0.0998. The molecule has 1 atom stereocenters. The van der Waals surface area contributed by atoms with Gasteiger partial charge >= 0.3 is 0 Å². The van der Waals surface area contributed by atoms with Crippen molar-refractivity contribution in [2.75, 3.05) is 0 Å². The van der Waals surface area contributed by atoms with Gasteiger partial charge in [0.2, 0.25) is 0 Å². The van der Waals surface area contributed by atoms with Gasteiger partial charge in [-0.05, 0) is 48.2 Å². The first kappa shape index (κ1) is 13.1. The van der Waals surface area contributed by atoms with Crippen LogP contribution in [-0.4, -0.2) is 10.9 Å². The van der Waals surface area contributed by atoms with Crippen molar-refractivity contribution in [2.24, 2.45) is 5.73 Å². The molecule has 2 N–H and O–H groups in total. The maximum atomic E-state index is 13.6. The summed E-state index contributed by atoms with van der Waals surface area (Å²) >= 11 is 6.08. The van der Waals surface area contributed by atoms with Crippen LogP contribution in [0.3, 0.4) is 0 Å². The number of amides is 1. The standard InChI is InChI=1S/C15H12ClFN2O/c16-13-7-8(17)6-12-9(13)3-4-10(12)14-11(15(18)20)2-1-5-19-14/h1-2,5-7,10H,3-4H2,(H2,18,20)/t10-/m1/s1. The first-order valence-corrected chi connectivity index (χ1v) is 6.68. The quantitative estimate of drug-likeness (QED) is 0.924. The largest absolute Gasteiger partial charge is 0.366 e. The first-order valence-electron chi connectivity index (χ1n) is 6.30. The van der Waals surface area contributed by atoms with E-state index in [9.17, 15) is 9.18 Å². The lowest BCUT2D eigenvalue weighted by Gasteiger charge is -2.14. The summed E-state index contributed by atoms with van der Waals surface area (Å²) in [6.45, 7) is 0. The van der Waals surface area contributed by atoms with E-state index in [-0.39, 0.29) is 11.7 Å². The predicted octanol–water partition coefficient (Wildman–Crippen LogP) is 3.05. The summed E-state index contributed by atoms with van der Waals surface area (Å²) < 4.78 is 13.6. The molecule has 0 saturated heterocycles. The lowest BCUT2D eigenvalue weighted by Crippen LogP contribution is -2.16. The Kier molecular flexibility index (Phi) is 3.18. The highest BCUT2D eigenvalue weighted by molar-refractivity contribution is 6.31. The Hall–Kier alpha value is -1.94. The number of carbonyl (C=O) groups excluding carboxylic acids is 1. The maximum Gasteiger partial charge on any atom is 0.250 e. The Labute approximate surface area is 120 Å². The van der Waals surface area contributed by atoms with Crippen molar-refractivity contribution in [2.45, 2.75) is 18.8 Å². The molecular formula is C15H12ClFN2O. The number of benzene rings is 1. The van der Waals surface area contributed by atoms with Gasteiger partial charge in [0.25, 0.3) is 5.91 Å². The minimum atomic E-state index is -0.524. The highest BCUT2D eigenvalue weighted by atomic mass is 35.5. The molecule has 1 aliphatic rings. The van der Waals surface area contributed by atoms with Gasteiger partial charge in [0.1, 0.15) is 5.82 Å². The number of fused-ring (bicyclic) bond motifs is 1. The molecule has 0 spiro atoms. The van der Waals surface area contributed by atoms with Crippen LogP contribution in [-0.2, 0) is 6.42 Å². The van der Waals surface area contributed by atoms with Crippen LogP contribution in [0.4, 0.5) is 4.39 Å². The monoisotopic (exact) mass is 290 g/mol. The molecule has 1 aliphatic carbocycles. The number of primary amides is 1. The molecule has 1 aromatic carbocycles. The highest BCUT2D eigenvalue weighted by Gasteiger charge is 2.30. The van der Waals surface area contributed by atoms with Crippen LogP contribution in [0.1, 0.15) is 39.5 Å². The van der Waals surface area contributed by atoms with Gasteiger partial charge < -0.3 is 5.73 Å². The zero-order valence-electron chi connectivity index (χ0n) is 10.6. The molecule has 20 heavy (non-hydrogen) atoms. The molecule has 1 amide bonds. The molecule has 1 aromatic heterocycles. The number of rotatable bonds is 2. The Morgan fingerprint density at radius 1 is 1.45 bits per heavy atom. The third-order valence-corrected chi connectivity index (χ3v) is 4.02. The molecule has 3 rings (SSSR count). The van der Waals surface area contributed by atoms with E-state index in [1.54, 1.807) is 18.3 Å². The Morgan fingerprint density at radius 2 is 2.25 bits per heavy atom. The van der Waals surface area contributed by atoms with Crippen LogP contribution in [0.15, 0.2) is 30.5 Å². The third kappa shape index (κ3) is 2.06. The number of carbonyl (C=O) groups is 1. The number of pyridine rings is 1. The average Bonchev–Trinajstić information content (AvgIpc) is 2.82. The zero-order valence-corrected chi connectivity index (χ0v) is 11.3. The van der Waals surface area contributed by atoms with E-state index in [0.717, 1.165) is 24.0 Å². The predicted molar refractivity (Wildman–Crippen MR) is 74.3 cm³/mol. The average molecular weight is 291 g/mol. The van der Waals surface area contributed by atoms with Crippen LogP contribution >= 0.6 is 11.6 Å². The fraction of sp³-hybridized carbons (Fsp3) is 0.200. The van der Waals surface area contributed by atoms with E-state index in [0.29, 0.717) is 16.3 Å². The second-order valence-corrected chi connectivity index (χ2v) is 5.25. The number of nitrogens with two attached hydrogens (primary N) is 1. The van der Waals surface area contributed by atoms with E-state index in [2.05, 4.69) is 4.98 Å². The molecule has 0 unspecified atom stereocenters. The van der Waals surface area contributed by atoms with E-state index in [4.69, 9.17) is 17.3 Å². The second-order valence-electron chi connectivity index (χ2n) is 4.85. The molecular weight excluding hydrogens is 279 g/mol. The van der Waals surface area contributed by atoms with Gasteiger partial charge in [-0.15, -0.1) is 0 Å². The molecule has 0 saturated carbocycles. The minimum absolute atomic E-state index is 0.137. The van der Waals surface area contributed by atoms with E-state index in [1.807, 2.05) is 0 Å². The van der Waals surface area contributed by atoms with Crippen molar-refractivity contribution in [1.82, 2.24) is 4.98 Å². The minimum Gasteiger partial charge on any atom is -0.366 e. The topological polar surface area (TPSA) is 56.0 Å². The third-order valence-electron chi connectivity index (χ3n) is 3.69. The summed E-state index contributed by atoms with van der Waals surface area (Å²) in [4.78, 5) is 15.8. The highest BCUT2D eigenvalue weighted by Crippen LogP contribution is 2.41. The summed E-state index contributed by atoms with van der Waals surface area (Å²) in [5, 5.41) is 0.430. The summed E-state index contributed by atoms with van der Waals surface area (Å²) in [7, 11) is 0. The van der Waals surface area contributed by atoms with E-state index < -0.39 is 5.91 Å². The molecule has 0 fully saturated rings. The summed E-state index contributed by atoms with van der Waals surface area (Å²) in [6, 6.07) is 6.09. The Morgan fingerprint density at radius 3 is 3.00 bits per heavy atom. The second kappa shape index (κ2) is 4.87. The van der Waals surface area contributed by atoms with Crippen LogP contribution in [0, 0.1) is 5.82 Å². The molecule has 2 aromatic rings. The van der Waals surface area contributed by atoms with Crippen molar-refractivity contribution < 1.29 is 9.18 Å². The van der Waals surface area contributed by atoms with Crippen molar-refractivity contribution >= 4 is 17.5 Å². The number of hydrogen-bond donors (Lipinski definition) is 1. The molecule has 5 heteroatoms. The van der Waals surface area contributed by atoms with Gasteiger partial charge in [-0.1, -0.05) is 11.6 Å². The molecule has 3 nitrogen and oxygen atoms in total. The van der Waals surface area contributed by atoms with Crippen LogP contribution in [0.25, 0.3) is 0 Å². The SMILES string of the molecule is NC(=O)c1cccnc1[C@@H]1CCc2c(Cl)cc(F)cc21. The van der Waals surface area contributed by atoms with Gasteiger partial charge in [-0.25, -0.2) is 4.39 Å². The summed E-state index contributed by atoms with van der Waals surface area (Å²) in [5.41, 5.74) is 8.09. The summed E-state index contributed by atoms with van der Waals surface area (Å²) in [6.07, 6.45) is 3.10. The molecule has 0 bridgehead atoms. The van der Waals surface area contributed by atoms with Crippen molar-refractivity contribution in [1.29, 1.82) is 0 Å². The number of aromatic nitrogens is 1.